The molecule has 1 amide bonds. The van der Waals surface area contributed by atoms with Crippen molar-refractivity contribution in [1.29, 1.82) is 0 Å². The second-order valence-corrected chi connectivity index (χ2v) is 10.9. The number of carbonyl (C=O) groups is 2. The lowest BCUT2D eigenvalue weighted by Gasteiger charge is -2.19. The molecular weight excluding hydrogens is 629 g/mol. The first-order valence-electron chi connectivity index (χ1n) is 14.5. The number of nitrogens with zero attached hydrogens (tertiary/aromatic N) is 4. The van der Waals surface area contributed by atoms with Crippen LogP contribution in [0.25, 0.3) is 16.6 Å². The highest BCUT2D eigenvalue weighted by Crippen LogP contribution is 2.33. The van der Waals surface area contributed by atoms with Gasteiger partial charge in [0.05, 0.1) is 37.1 Å². The molecule has 47 heavy (non-hydrogen) atoms. The van der Waals surface area contributed by atoms with Crippen molar-refractivity contribution >= 4 is 40.9 Å². The Hall–Kier alpha value is -5.20. The zero-order chi connectivity index (χ0) is 33.0. The van der Waals surface area contributed by atoms with Crippen LogP contribution >= 0.6 is 12.4 Å². The number of nitrogens with one attached hydrogen (secondary N) is 1. The fourth-order valence-electron chi connectivity index (χ4n) is 5.05. The highest BCUT2D eigenvalue weighted by molar-refractivity contribution is 6.05. The lowest BCUT2D eigenvalue weighted by molar-refractivity contribution is -0.149. The van der Waals surface area contributed by atoms with Crippen LogP contribution in [-0.2, 0) is 16.1 Å². The van der Waals surface area contributed by atoms with Gasteiger partial charge < -0.3 is 19.5 Å². The summed E-state index contributed by atoms with van der Waals surface area (Å²) >= 11 is 0. The average Bonchev–Trinajstić information content (AvgIpc) is 3.26. The van der Waals surface area contributed by atoms with E-state index in [2.05, 4.69) is 10.3 Å². The van der Waals surface area contributed by atoms with Crippen LogP contribution in [-0.4, -0.2) is 65.0 Å². The maximum Gasteiger partial charge on any atom is 0.320 e. The lowest BCUT2D eigenvalue weighted by Crippen LogP contribution is -2.31. The number of aromatic nitrogens is 3. The van der Waals surface area contributed by atoms with Crippen LogP contribution in [0.5, 0.6) is 17.2 Å². The fourth-order valence-corrected chi connectivity index (χ4v) is 5.05. The third-order valence-electron chi connectivity index (χ3n) is 7.15. The number of para-hydroxylation sites is 1. The fraction of sp³-hybridized carbons (Fsp3) is 0.235. The number of rotatable bonds is 11. The molecule has 0 saturated carbocycles. The highest BCUT2D eigenvalue weighted by atomic mass is 35.5. The normalized spacial score (nSPS) is 11.6. The van der Waals surface area contributed by atoms with E-state index in [0.29, 0.717) is 33.8 Å². The van der Waals surface area contributed by atoms with Crippen LogP contribution in [0.15, 0.2) is 83.8 Å². The average molecular weight is 664 g/mol. The molecule has 13 heteroatoms. The van der Waals surface area contributed by atoms with Gasteiger partial charge in [-0.25, -0.2) is 9.07 Å². The summed E-state index contributed by atoms with van der Waals surface area (Å²) in [5, 5.41) is 3.30. The largest absolute Gasteiger partial charge is 0.497 e. The van der Waals surface area contributed by atoms with E-state index >= 15 is 4.39 Å². The quantitative estimate of drug-likeness (QED) is 0.182. The molecule has 2 aromatic heterocycles. The predicted molar refractivity (Wildman–Crippen MR) is 179 cm³/mol. The van der Waals surface area contributed by atoms with Crippen molar-refractivity contribution in [3.63, 3.8) is 0 Å². The molecule has 0 radical (unpaired) electrons. The minimum atomic E-state index is -0.722. The standard InChI is InChI=1S/C34H34FN5O6.ClH/c1-21(45-31(41)20-38(3)4)19-39-22(2)32(34(43)40(39)24-9-7-6-8-10-24)33(42)37-23-11-14-30(27(35)17-23)46-29-15-16-36-28-18-25(44-5)12-13-26(28)29;/h6-18,21H,19-20H2,1-5H3,(H,37,42);1H/t21-;/m1./s1. The molecule has 5 aromatic rings. The molecule has 1 N–H and O–H groups in total. The van der Waals surface area contributed by atoms with E-state index in [-0.39, 0.29) is 42.5 Å². The van der Waals surface area contributed by atoms with Crippen molar-refractivity contribution in [2.45, 2.75) is 26.5 Å². The lowest BCUT2D eigenvalue weighted by atomic mass is 10.2. The number of ether oxygens (including phenoxy) is 3. The van der Waals surface area contributed by atoms with Gasteiger partial charge in [-0.15, -0.1) is 12.4 Å². The second kappa shape index (κ2) is 14.9. The van der Waals surface area contributed by atoms with Crippen LogP contribution < -0.4 is 20.3 Å². The minimum absolute atomic E-state index is 0. The number of anilines is 1. The third-order valence-corrected chi connectivity index (χ3v) is 7.15. The SMILES string of the molecule is COc1ccc2c(Oc3ccc(NC(=O)c4c(C)n(C[C@@H](C)OC(=O)CN(C)C)n(-c5ccccc5)c4=O)cc3F)ccnc2c1.Cl. The van der Waals surface area contributed by atoms with Gasteiger partial charge in [0, 0.05) is 29.4 Å². The molecule has 11 nitrogen and oxygen atoms in total. The molecular formula is C34H35ClFN5O6. The van der Waals surface area contributed by atoms with Gasteiger partial charge in [-0.1, -0.05) is 18.2 Å². The van der Waals surface area contributed by atoms with E-state index in [0.717, 1.165) is 6.07 Å². The first-order chi connectivity index (χ1) is 22.0. The minimum Gasteiger partial charge on any atom is -0.497 e. The highest BCUT2D eigenvalue weighted by Gasteiger charge is 2.26. The van der Waals surface area contributed by atoms with E-state index in [4.69, 9.17) is 14.2 Å². The van der Waals surface area contributed by atoms with E-state index in [9.17, 15) is 14.4 Å². The van der Waals surface area contributed by atoms with Gasteiger partial charge in [0.25, 0.3) is 11.5 Å². The summed E-state index contributed by atoms with van der Waals surface area (Å²) in [6, 6.07) is 19.7. The summed E-state index contributed by atoms with van der Waals surface area (Å²) in [5.41, 5.74) is 0.915. The first-order valence-corrected chi connectivity index (χ1v) is 14.5. The number of methoxy groups -OCH3 is 1. The van der Waals surface area contributed by atoms with Crippen molar-refractivity contribution in [2.24, 2.45) is 0 Å². The van der Waals surface area contributed by atoms with Crippen molar-refractivity contribution in [1.82, 2.24) is 19.2 Å². The molecule has 3 aromatic carbocycles. The molecule has 1 atom stereocenters. The number of benzene rings is 3. The van der Waals surface area contributed by atoms with E-state index in [1.54, 1.807) is 99.4 Å². The molecule has 0 bridgehead atoms. The maximum absolute atomic E-state index is 15.3. The van der Waals surface area contributed by atoms with Crippen molar-refractivity contribution < 1.29 is 28.2 Å². The van der Waals surface area contributed by atoms with Crippen molar-refractivity contribution in [2.75, 3.05) is 33.1 Å². The Bertz CT molecular complexity index is 1960. The summed E-state index contributed by atoms with van der Waals surface area (Å²) in [5.74, 6) is -0.898. The summed E-state index contributed by atoms with van der Waals surface area (Å²) in [6.07, 6.45) is 0.944. The number of fused-ring (bicyclic) bond motifs is 1. The second-order valence-electron chi connectivity index (χ2n) is 10.9. The molecule has 5 rings (SSSR count). The van der Waals surface area contributed by atoms with Crippen molar-refractivity contribution in [3.05, 3.63) is 106 Å². The van der Waals surface area contributed by atoms with Gasteiger partial charge in [0.15, 0.2) is 11.6 Å². The summed E-state index contributed by atoms with van der Waals surface area (Å²) in [6.45, 7) is 3.56. The molecule has 0 aliphatic carbocycles. The molecule has 0 fully saturated rings. The van der Waals surface area contributed by atoms with Gasteiger partial charge in [0.2, 0.25) is 0 Å². The number of amides is 1. The van der Waals surface area contributed by atoms with Gasteiger partial charge >= 0.3 is 5.97 Å². The molecule has 0 saturated heterocycles. The summed E-state index contributed by atoms with van der Waals surface area (Å²) < 4.78 is 34.9. The van der Waals surface area contributed by atoms with Crippen LogP contribution in [0.3, 0.4) is 0 Å². The number of hydrogen-bond acceptors (Lipinski definition) is 8. The van der Waals surface area contributed by atoms with Gasteiger partial charge in [-0.3, -0.25) is 28.9 Å². The molecule has 0 aliphatic heterocycles. The van der Waals surface area contributed by atoms with Gasteiger partial charge in [-0.05, 0) is 70.4 Å². The summed E-state index contributed by atoms with van der Waals surface area (Å²) in [4.78, 5) is 45.5. The molecule has 2 heterocycles. The van der Waals surface area contributed by atoms with Gasteiger partial charge in [0.1, 0.15) is 23.2 Å². The zero-order valence-electron chi connectivity index (χ0n) is 26.5. The van der Waals surface area contributed by atoms with E-state index < -0.39 is 29.4 Å². The molecule has 0 unspecified atom stereocenters. The smallest absolute Gasteiger partial charge is 0.320 e. The van der Waals surface area contributed by atoms with E-state index in [1.807, 2.05) is 6.07 Å². The Kier molecular flexibility index (Phi) is 11.0. The molecule has 0 spiro atoms. The van der Waals surface area contributed by atoms with Crippen LogP contribution in [0, 0.1) is 12.7 Å². The third kappa shape index (κ3) is 7.79. The summed E-state index contributed by atoms with van der Waals surface area (Å²) in [7, 11) is 5.07. The number of carbonyl (C=O) groups excluding carboxylic acids is 2. The Morgan fingerprint density at radius 1 is 1.02 bits per heavy atom. The first kappa shape index (κ1) is 34.7. The topological polar surface area (TPSA) is 117 Å². The van der Waals surface area contributed by atoms with Crippen LogP contribution in [0.2, 0.25) is 0 Å². The van der Waals surface area contributed by atoms with Crippen molar-refractivity contribution in [3.8, 4) is 22.9 Å². The zero-order valence-corrected chi connectivity index (χ0v) is 27.3. The van der Waals surface area contributed by atoms with Gasteiger partial charge in [-0.2, -0.15) is 0 Å². The van der Waals surface area contributed by atoms with E-state index in [1.165, 1.54) is 16.8 Å². The number of esters is 1. The Morgan fingerprint density at radius 2 is 1.77 bits per heavy atom. The van der Waals surface area contributed by atoms with Crippen LogP contribution in [0.4, 0.5) is 10.1 Å². The Morgan fingerprint density at radius 3 is 2.45 bits per heavy atom. The number of pyridine rings is 1. The molecule has 0 aliphatic rings. The monoisotopic (exact) mass is 663 g/mol. The Balaban J connectivity index is 0.00000500. The number of hydrogen-bond donors (Lipinski definition) is 1. The maximum atomic E-state index is 15.3. The van der Waals surface area contributed by atoms with Crippen LogP contribution in [0.1, 0.15) is 23.0 Å². The Labute approximate surface area is 276 Å². The molecule has 246 valence electrons. The number of halogens is 2. The number of likely N-dealkylation sites (N-methyl/N-ethyl adjacent to an activating group) is 1. The predicted octanol–water partition coefficient (Wildman–Crippen LogP) is 5.60.